The van der Waals surface area contributed by atoms with Crippen molar-refractivity contribution in [2.45, 2.75) is 45.4 Å². The second kappa shape index (κ2) is 8.98. The van der Waals surface area contributed by atoms with Gasteiger partial charge in [0.25, 0.3) is 0 Å². The standard InChI is InChI=1S/C23H26ClN5O/c1-14(2)8-10-17-13-20(30)27-22(25-17)29-23-26-19-11-9-16(24)12-18(19)21(28-23)15-6-4-3-5-7-15/h3-7,9,11-12,14,17,22,25H,8,10,13H2,1-2H3,(H,27,30)(H,26,28,29). The predicted molar refractivity (Wildman–Crippen MR) is 121 cm³/mol. The first-order chi connectivity index (χ1) is 14.5. The van der Waals surface area contributed by atoms with Crippen molar-refractivity contribution in [1.29, 1.82) is 0 Å². The van der Waals surface area contributed by atoms with Crippen LogP contribution in [0.3, 0.4) is 0 Å². The van der Waals surface area contributed by atoms with Crippen LogP contribution in [0.1, 0.15) is 33.1 Å². The molecule has 1 fully saturated rings. The molecular weight excluding hydrogens is 398 g/mol. The minimum atomic E-state index is -0.420. The molecule has 0 aliphatic carbocycles. The molecule has 6 nitrogen and oxygen atoms in total. The van der Waals surface area contributed by atoms with Crippen molar-refractivity contribution < 1.29 is 4.79 Å². The van der Waals surface area contributed by atoms with E-state index >= 15 is 0 Å². The molecule has 0 bridgehead atoms. The van der Waals surface area contributed by atoms with Crippen LogP contribution >= 0.6 is 11.6 Å². The first-order valence-electron chi connectivity index (χ1n) is 10.3. The van der Waals surface area contributed by atoms with Crippen LogP contribution in [0.5, 0.6) is 0 Å². The highest BCUT2D eigenvalue weighted by Gasteiger charge is 2.26. The van der Waals surface area contributed by atoms with E-state index in [9.17, 15) is 4.79 Å². The molecule has 1 saturated heterocycles. The average Bonchev–Trinajstić information content (AvgIpc) is 2.72. The van der Waals surface area contributed by atoms with Crippen LogP contribution in [0.4, 0.5) is 5.95 Å². The van der Waals surface area contributed by atoms with E-state index in [1.165, 1.54) is 0 Å². The summed E-state index contributed by atoms with van der Waals surface area (Å²) in [5.41, 5.74) is 2.56. The van der Waals surface area contributed by atoms with Gasteiger partial charge in [-0.25, -0.2) is 9.97 Å². The summed E-state index contributed by atoms with van der Waals surface area (Å²) in [5.74, 6) is 1.08. The number of hydrogen-bond acceptors (Lipinski definition) is 5. The molecule has 30 heavy (non-hydrogen) atoms. The van der Waals surface area contributed by atoms with E-state index in [-0.39, 0.29) is 11.9 Å². The van der Waals surface area contributed by atoms with Crippen LogP contribution in [0, 0.1) is 5.92 Å². The van der Waals surface area contributed by atoms with Crippen molar-refractivity contribution in [3.8, 4) is 11.3 Å². The first kappa shape index (κ1) is 20.6. The Morgan fingerprint density at radius 3 is 2.73 bits per heavy atom. The van der Waals surface area contributed by atoms with Crippen LogP contribution in [0.15, 0.2) is 48.5 Å². The highest BCUT2D eigenvalue weighted by Crippen LogP contribution is 2.29. The van der Waals surface area contributed by atoms with Crippen molar-refractivity contribution in [1.82, 2.24) is 20.6 Å². The number of carbonyl (C=O) groups is 1. The molecule has 2 atom stereocenters. The van der Waals surface area contributed by atoms with E-state index in [4.69, 9.17) is 16.6 Å². The zero-order chi connectivity index (χ0) is 21.1. The molecule has 2 unspecified atom stereocenters. The van der Waals surface area contributed by atoms with E-state index in [2.05, 4.69) is 34.8 Å². The molecule has 2 aromatic carbocycles. The molecule has 3 aromatic rings. The van der Waals surface area contributed by atoms with E-state index in [0.29, 0.717) is 23.3 Å². The fraction of sp³-hybridized carbons (Fsp3) is 0.348. The Bertz CT molecular complexity index is 1040. The summed E-state index contributed by atoms with van der Waals surface area (Å²) in [6, 6.07) is 15.7. The minimum Gasteiger partial charge on any atom is -0.323 e. The van der Waals surface area contributed by atoms with Gasteiger partial charge in [0.1, 0.15) is 0 Å². The number of amides is 1. The lowest BCUT2D eigenvalue weighted by Crippen LogP contribution is -2.60. The lowest BCUT2D eigenvalue weighted by molar-refractivity contribution is -0.124. The van der Waals surface area contributed by atoms with E-state index in [0.717, 1.165) is 35.0 Å². The number of fused-ring (bicyclic) bond motifs is 1. The van der Waals surface area contributed by atoms with Crippen LogP contribution in [-0.4, -0.2) is 28.2 Å². The van der Waals surface area contributed by atoms with Crippen LogP contribution < -0.4 is 16.0 Å². The Labute approximate surface area is 181 Å². The molecule has 156 valence electrons. The lowest BCUT2D eigenvalue weighted by atomic mass is 10.00. The number of halogens is 1. The number of nitrogens with zero attached hydrogens (tertiary/aromatic N) is 2. The number of hydrogen-bond donors (Lipinski definition) is 3. The summed E-state index contributed by atoms with van der Waals surface area (Å²) in [4.78, 5) is 21.6. The predicted octanol–water partition coefficient (Wildman–Crippen LogP) is 4.56. The van der Waals surface area contributed by atoms with Crippen molar-refractivity contribution in [3.05, 3.63) is 53.6 Å². The van der Waals surface area contributed by atoms with Crippen molar-refractivity contribution in [2.75, 3.05) is 5.32 Å². The molecule has 1 aliphatic heterocycles. The maximum atomic E-state index is 12.2. The second-order valence-corrected chi connectivity index (χ2v) is 8.54. The zero-order valence-electron chi connectivity index (χ0n) is 17.2. The first-order valence-corrected chi connectivity index (χ1v) is 10.7. The normalized spacial score (nSPS) is 19.1. The van der Waals surface area contributed by atoms with Crippen LogP contribution in [0.25, 0.3) is 22.2 Å². The van der Waals surface area contributed by atoms with Gasteiger partial charge in [-0.05, 0) is 37.0 Å². The minimum absolute atomic E-state index is 0.0239. The second-order valence-electron chi connectivity index (χ2n) is 8.11. The van der Waals surface area contributed by atoms with Gasteiger partial charge in [0.05, 0.1) is 11.2 Å². The highest BCUT2D eigenvalue weighted by molar-refractivity contribution is 6.31. The largest absolute Gasteiger partial charge is 0.323 e. The van der Waals surface area contributed by atoms with Gasteiger partial charge in [-0.15, -0.1) is 0 Å². The molecule has 4 rings (SSSR count). The summed E-state index contributed by atoms with van der Waals surface area (Å²) in [7, 11) is 0. The quantitative estimate of drug-likeness (QED) is 0.541. The molecule has 1 aliphatic rings. The Balaban J connectivity index is 1.63. The number of anilines is 1. The van der Waals surface area contributed by atoms with Gasteiger partial charge in [-0.1, -0.05) is 55.8 Å². The molecule has 0 radical (unpaired) electrons. The molecule has 2 heterocycles. The van der Waals surface area contributed by atoms with Crippen LogP contribution in [-0.2, 0) is 4.79 Å². The van der Waals surface area contributed by atoms with E-state index in [1.807, 2.05) is 48.5 Å². The van der Waals surface area contributed by atoms with Gasteiger partial charge >= 0.3 is 0 Å². The molecule has 1 amide bonds. The van der Waals surface area contributed by atoms with E-state index in [1.54, 1.807) is 0 Å². The number of rotatable bonds is 6. The Kier molecular flexibility index (Phi) is 6.16. The summed E-state index contributed by atoms with van der Waals surface area (Å²) >= 11 is 6.23. The van der Waals surface area contributed by atoms with Gasteiger partial charge in [-0.2, -0.15) is 0 Å². The third kappa shape index (κ3) is 4.89. The topological polar surface area (TPSA) is 78.9 Å². The summed E-state index contributed by atoms with van der Waals surface area (Å²) in [6.07, 6.45) is 2.09. The smallest absolute Gasteiger partial charge is 0.226 e. The molecule has 7 heteroatoms. The van der Waals surface area contributed by atoms with E-state index < -0.39 is 6.29 Å². The van der Waals surface area contributed by atoms with Crippen molar-refractivity contribution in [3.63, 3.8) is 0 Å². The van der Waals surface area contributed by atoms with Gasteiger partial charge in [0.2, 0.25) is 11.9 Å². The molecule has 0 spiro atoms. The molecular formula is C23H26ClN5O. The monoisotopic (exact) mass is 423 g/mol. The molecule has 1 aromatic heterocycles. The average molecular weight is 424 g/mol. The third-order valence-electron chi connectivity index (χ3n) is 5.21. The van der Waals surface area contributed by atoms with Crippen LogP contribution in [0.2, 0.25) is 5.02 Å². The van der Waals surface area contributed by atoms with Crippen molar-refractivity contribution in [2.24, 2.45) is 5.92 Å². The Hall–Kier alpha value is -2.70. The van der Waals surface area contributed by atoms with Gasteiger partial charge in [-0.3, -0.25) is 10.1 Å². The number of aromatic nitrogens is 2. The fourth-order valence-electron chi connectivity index (χ4n) is 3.69. The molecule has 3 N–H and O–H groups in total. The number of benzene rings is 2. The van der Waals surface area contributed by atoms with Gasteiger partial charge in [0.15, 0.2) is 6.29 Å². The summed E-state index contributed by atoms with van der Waals surface area (Å²) < 4.78 is 0. The fourth-order valence-corrected chi connectivity index (χ4v) is 3.86. The van der Waals surface area contributed by atoms with Crippen molar-refractivity contribution >= 4 is 34.4 Å². The number of nitrogens with one attached hydrogen (secondary N) is 3. The maximum Gasteiger partial charge on any atom is 0.226 e. The SMILES string of the molecule is CC(C)CCC1CC(=O)NC(Nc2nc(-c3ccccc3)c3cc(Cl)ccc3n2)N1. The third-order valence-corrected chi connectivity index (χ3v) is 5.45. The molecule has 0 saturated carbocycles. The number of carbonyl (C=O) groups excluding carboxylic acids is 1. The van der Waals surface area contributed by atoms with Gasteiger partial charge in [0, 0.05) is 28.4 Å². The summed E-state index contributed by atoms with van der Waals surface area (Å²) in [5, 5.41) is 11.2. The van der Waals surface area contributed by atoms with Gasteiger partial charge < -0.3 is 10.6 Å². The highest BCUT2D eigenvalue weighted by atomic mass is 35.5. The zero-order valence-corrected chi connectivity index (χ0v) is 17.9. The lowest BCUT2D eigenvalue weighted by Gasteiger charge is -2.32. The Morgan fingerprint density at radius 1 is 1.17 bits per heavy atom. The summed E-state index contributed by atoms with van der Waals surface area (Å²) in [6.45, 7) is 4.39. The maximum absolute atomic E-state index is 12.2. The Morgan fingerprint density at radius 2 is 1.97 bits per heavy atom.